The van der Waals surface area contributed by atoms with E-state index in [1.54, 1.807) is 11.9 Å². The largest absolute Gasteiger partial charge is 0.330 e. The molecule has 0 aromatic heterocycles. The predicted octanol–water partition coefficient (Wildman–Crippen LogP) is 3.51. The molecule has 2 nitrogen and oxygen atoms in total. The summed E-state index contributed by atoms with van der Waals surface area (Å²) < 4.78 is 3.33. The molecule has 0 saturated heterocycles. The summed E-state index contributed by atoms with van der Waals surface area (Å²) >= 11 is 1.65. The molecule has 1 aromatic carbocycles. The van der Waals surface area contributed by atoms with E-state index in [2.05, 4.69) is 61.5 Å². The van der Waals surface area contributed by atoms with Crippen LogP contribution in [0.4, 0.5) is 5.69 Å². The minimum atomic E-state index is 0.388. The van der Waals surface area contributed by atoms with Crippen molar-refractivity contribution in [1.82, 2.24) is 5.32 Å². The first-order valence-electron chi connectivity index (χ1n) is 6.74. The molecule has 1 saturated carbocycles. The normalized spacial score (nSPS) is 30.2. The van der Waals surface area contributed by atoms with Crippen LogP contribution in [0.2, 0.25) is 0 Å². The Labute approximate surface area is 115 Å². The molecular formula is C15H24N2S. The van der Waals surface area contributed by atoms with Gasteiger partial charge in [0.15, 0.2) is 0 Å². The number of nitrogens with one attached hydrogen (secondary N) is 2. The summed E-state index contributed by atoms with van der Waals surface area (Å²) in [7, 11) is 2.05. The van der Waals surface area contributed by atoms with Crippen LogP contribution in [-0.2, 0) is 5.41 Å². The monoisotopic (exact) mass is 264 g/mol. The zero-order valence-electron chi connectivity index (χ0n) is 11.8. The van der Waals surface area contributed by atoms with Crippen molar-refractivity contribution in [2.45, 2.75) is 25.7 Å². The van der Waals surface area contributed by atoms with Crippen LogP contribution in [0.15, 0.2) is 24.3 Å². The van der Waals surface area contributed by atoms with E-state index >= 15 is 0 Å². The zero-order valence-corrected chi connectivity index (χ0v) is 12.6. The Morgan fingerprint density at radius 3 is 2.78 bits per heavy atom. The van der Waals surface area contributed by atoms with E-state index < -0.39 is 0 Å². The summed E-state index contributed by atoms with van der Waals surface area (Å²) in [6, 6.07) is 8.93. The number of hydrogen-bond donors (Lipinski definition) is 2. The van der Waals surface area contributed by atoms with Crippen LogP contribution in [0.5, 0.6) is 0 Å². The molecule has 0 amide bonds. The average Bonchev–Trinajstić information content (AvgIpc) is 2.96. The molecule has 0 bridgehead atoms. The molecule has 3 heteroatoms. The Morgan fingerprint density at radius 2 is 2.17 bits per heavy atom. The first-order chi connectivity index (χ1) is 8.70. The maximum absolute atomic E-state index is 3.34. The lowest BCUT2D eigenvalue weighted by Gasteiger charge is -2.18. The molecule has 1 fully saturated rings. The van der Waals surface area contributed by atoms with Gasteiger partial charge < -0.3 is 10.0 Å². The Balaban J connectivity index is 2.26. The Bertz CT molecular complexity index is 407. The van der Waals surface area contributed by atoms with Gasteiger partial charge in [-0.3, -0.25) is 0 Å². The lowest BCUT2D eigenvalue weighted by Crippen LogP contribution is -2.17. The lowest BCUT2D eigenvalue weighted by atomic mass is 9.88. The minimum absolute atomic E-state index is 0.388. The van der Waals surface area contributed by atoms with Crippen molar-refractivity contribution >= 4 is 17.6 Å². The van der Waals surface area contributed by atoms with Crippen LogP contribution in [0.3, 0.4) is 0 Å². The van der Waals surface area contributed by atoms with Gasteiger partial charge in [-0.15, -0.1) is 0 Å². The maximum Gasteiger partial charge on any atom is 0.0442 e. The highest BCUT2D eigenvalue weighted by molar-refractivity contribution is 7.99. The molecule has 1 aliphatic rings. The van der Waals surface area contributed by atoms with E-state index in [1.807, 2.05) is 0 Å². The summed E-state index contributed by atoms with van der Waals surface area (Å²) in [4.78, 5) is 0. The second-order valence-corrected chi connectivity index (χ2v) is 5.85. The SMILES string of the molecule is CCC1(c2cccc(NSC)c2)C(C)C1CNC. The van der Waals surface area contributed by atoms with Crippen molar-refractivity contribution in [3.63, 3.8) is 0 Å². The average molecular weight is 264 g/mol. The van der Waals surface area contributed by atoms with Crippen LogP contribution >= 0.6 is 11.9 Å². The number of hydrogen-bond acceptors (Lipinski definition) is 3. The van der Waals surface area contributed by atoms with E-state index in [-0.39, 0.29) is 0 Å². The molecule has 100 valence electrons. The van der Waals surface area contributed by atoms with Crippen LogP contribution in [-0.4, -0.2) is 19.8 Å². The van der Waals surface area contributed by atoms with Crippen LogP contribution in [0.25, 0.3) is 0 Å². The van der Waals surface area contributed by atoms with Gasteiger partial charge in [0.2, 0.25) is 0 Å². The quantitative estimate of drug-likeness (QED) is 0.769. The van der Waals surface area contributed by atoms with E-state index in [0.29, 0.717) is 5.41 Å². The van der Waals surface area contributed by atoms with Gasteiger partial charge in [0.1, 0.15) is 0 Å². The van der Waals surface area contributed by atoms with Gasteiger partial charge in [-0.05, 0) is 49.5 Å². The molecule has 1 aromatic rings. The molecule has 3 unspecified atom stereocenters. The molecule has 2 rings (SSSR count). The van der Waals surface area contributed by atoms with Crippen LogP contribution < -0.4 is 10.0 Å². The minimum Gasteiger partial charge on any atom is -0.330 e. The second kappa shape index (κ2) is 5.54. The smallest absolute Gasteiger partial charge is 0.0442 e. The summed E-state index contributed by atoms with van der Waals surface area (Å²) in [5.41, 5.74) is 3.10. The van der Waals surface area contributed by atoms with Gasteiger partial charge in [0, 0.05) is 17.4 Å². The van der Waals surface area contributed by atoms with E-state index in [0.717, 1.165) is 18.4 Å². The third kappa shape index (κ3) is 2.14. The highest BCUT2D eigenvalue weighted by Gasteiger charge is 2.60. The van der Waals surface area contributed by atoms with Crippen LogP contribution in [0, 0.1) is 11.8 Å². The standard InChI is InChI=1S/C15H24N2S/c1-5-15(11(2)14(15)10-16-3)12-7-6-8-13(9-12)17-18-4/h6-9,11,14,16-17H,5,10H2,1-4H3. The van der Waals surface area contributed by atoms with Gasteiger partial charge in [0.05, 0.1) is 0 Å². The molecule has 0 radical (unpaired) electrons. The van der Waals surface area contributed by atoms with Crippen LogP contribution in [0.1, 0.15) is 25.8 Å². The van der Waals surface area contributed by atoms with E-state index in [4.69, 9.17) is 0 Å². The molecule has 1 aliphatic carbocycles. The second-order valence-electron chi connectivity index (χ2n) is 5.23. The fraction of sp³-hybridized carbons (Fsp3) is 0.600. The first-order valence-corrected chi connectivity index (χ1v) is 7.97. The number of anilines is 1. The Morgan fingerprint density at radius 1 is 1.39 bits per heavy atom. The first kappa shape index (κ1) is 13.8. The maximum atomic E-state index is 3.34. The number of benzene rings is 1. The summed E-state index contributed by atoms with van der Waals surface area (Å²) in [5.74, 6) is 1.55. The van der Waals surface area contributed by atoms with Gasteiger partial charge in [-0.1, -0.05) is 37.9 Å². The molecular weight excluding hydrogens is 240 g/mol. The fourth-order valence-electron chi connectivity index (χ4n) is 3.56. The molecule has 0 spiro atoms. The van der Waals surface area contributed by atoms with Crippen molar-refractivity contribution in [1.29, 1.82) is 0 Å². The highest BCUT2D eigenvalue weighted by Crippen LogP contribution is 2.61. The molecule has 0 aliphatic heterocycles. The molecule has 0 heterocycles. The Kier molecular flexibility index (Phi) is 4.23. The van der Waals surface area contributed by atoms with Gasteiger partial charge in [-0.2, -0.15) is 0 Å². The summed E-state index contributed by atoms with van der Waals surface area (Å²) in [5, 5.41) is 3.34. The van der Waals surface area contributed by atoms with Crippen molar-refractivity contribution in [2.24, 2.45) is 11.8 Å². The molecule has 2 N–H and O–H groups in total. The Hall–Kier alpha value is -0.670. The van der Waals surface area contributed by atoms with Gasteiger partial charge in [0.25, 0.3) is 0 Å². The van der Waals surface area contributed by atoms with Crippen molar-refractivity contribution < 1.29 is 0 Å². The molecule has 3 atom stereocenters. The predicted molar refractivity (Wildman–Crippen MR) is 82.1 cm³/mol. The zero-order chi connectivity index (χ0) is 13.2. The molecule has 18 heavy (non-hydrogen) atoms. The topological polar surface area (TPSA) is 24.1 Å². The van der Waals surface area contributed by atoms with Gasteiger partial charge >= 0.3 is 0 Å². The van der Waals surface area contributed by atoms with E-state index in [9.17, 15) is 0 Å². The van der Waals surface area contributed by atoms with Crippen molar-refractivity contribution in [3.8, 4) is 0 Å². The number of rotatable bonds is 6. The third-order valence-electron chi connectivity index (χ3n) is 4.60. The lowest BCUT2D eigenvalue weighted by molar-refractivity contribution is 0.556. The summed E-state index contributed by atoms with van der Waals surface area (Å²) in [6.07, 6.45) is 3.29. The van der Waals surface area contributed by atoms with Crippen molar-refractivity contribution in [2.75, 3.05) is 24.6 Å². The third-order valence-corrected chi connectivity index (χ3v) is 5.04. The van der Waals surface area contributed by atoms with Gasteiger partial charge in [-0.25, -0.2) is 0 Å². The highest BCUT2D eigenvalue weighted by atomic mass is 32.2. The summed E-state index contributed by atoms with van der Waals surface area (Å²) in [6.45, 7) is 5.83. The van der Waals surface area contributed by atoms with E-state index in [1.165, 1.54) is 17.7 Å². The van der Waals surface area contributed by atoms with Crippen molar-refractivity contribution in [3.05, 3.63) is 29.8 Å². The fourth-order valence-corrected chi connectivity index (χ4v) is 3.92.